The molecule has 0 spiro atoms. The number of halogens is 2. The van der Waals surface area contributed by atoms with Crippen LogP contribution in [0.4, 0.5) is 20.3 Å². The van der Waals surface area contributed by atoms with Gasteiger partial charge in [0.25, 0.3) is 0 Å². The average Bonchev–Trinajstić information content (AvgIpc) is 2.55. The van der Waals surface area contributed by atoms with E-state index >= 15 is 0 Å². The van der Waals surface area contributed by atoms with Gasteiger partial charge in [-0.25, -0.2) is 13.8 Å². The number of pyridine rings is 1. The third-order valence-electron chi connectivity index (χ3n) is 3.65. The smallest absolute Gasteiger partial charge is 0.173 e. The summed E-state index contributed by atoms with van der Waals surface area (Å²) in [5.41, 5.74) is 0.319. The van der Waals surface area contributed by atoms with Gasteiger partial charge in [-0.3, -0.25) is 0 Å². The number of nitrogens with zero attached hydrogens (tertiary/aromatic N) is 3. The van der Waals surface area contributed by atoms with Crippen LogP contribution in [0.15, 0.2) is 42.6 Å². The maximum atomic E-state index is 13.2. The second kappa shape index (κ2) is 6.87. The van der Waals surface area contributed by atoms with Gasteiger partial charge in [0.1, 0.15) is 17.5 Å². The molecule has 0 aliphatic carbocycles. The molecule has 4 nitrogen and oxygen atoms in total. The van der Waals surface area contributed by atoms with Gasteiger partial charge in [-0.1, -0.05) is 6.07 Å². The van der Waals surface area contributed by atoms with Gasteiger partial charge < -0.3 is 15.1 Å². The number of hydrogen-bond acceptors (Lipinski definition) is 3. The van der Waals surface area contributed by atoms with Crippen molar-refractivity contribution in [2.45, 2.75) is 0 Å². The standard InChI is InChI=1S/C16H16F2N4S/c17-12-9-13(18)11-14(10-12)20-16(23)22-7-5-21(6-8-22)15-3-1-2-4-19-15/h1-4,9-11H,5-8H2,(H,20,23). The number of rotatable bonds is 2. The predicted molar refractivity (Wildman–Crippen MR) is 90.6 cm³/mol. The summed E-state index contributed by atoms with van der Waals surface area (Å²) < 4.78 is 26.4. The summed E-state index contributed by atoms with van der Waals surface area (Å²) in [6.07, 6.45) is 1.77. The van der Waals surface area contributed by atoms with Crippen molar-refractivity contribution in [3.05, 3.63) is 54.2 Å². The Labute approximate surface area is 138 Å². The largest absolute Gasteiger partial charge is 0.353 e. The number of aromatic nitrogens is 1. The molecule has 0 atom stereocenters. The van der Waals surface area contributed by atoms with E-state index in [1.807, 2.05) is 23.1 Å². The van der Waals surface area contributed by atoms with Gasteiger partial charge in [0, 0.05) is 44.1 Å². The van der Waals surface area contributed by atoms with E-state index in [1.54, 1.807) is 6.20 Å². The topological polar surface area (TPSA) is 31.4 Å². The number of anilines is 2. The van der Waals surface area contributed by atoms with Crippen LogP contribution >= 0.6 is 12.2 Å². The molecule has 1 aromatic heterocycles. The van der Waals surface area contributed by atoms with E-state index in [4.69, 9.17) is 12.2 Å². The minimum Gasteiger partial charge on any atom is -0.353 e. The average molecular weight is 334 g/mol. The van der Waals surface area contributed by atoms with Gasteiger partial charge in [0.2, 0.25) is 0 Å². The summed E-state index contributed by atoms with van der Waals surface area (Å²) in [5, 5.41) is 3.36. The van der Waals surface area contributed by atoms with Gasteiger partial charge in [-0.2, -0.15) is 0 Å². The summed E-state index contributed by atoms with van der Waals surface area (Å²) in [5.74, 6) is -0.316. The Morgan fingerprint density at radius 1 is 1.04 bits per heavy atom. The fourth-order valence-corrected chi connectivity index (χ4v) is 2.81. The molecule has 1 saturated heterocycles. The van der Waals surface area contributed by atoms with E-state index in [2.05, 4.69) is 15.2 Å². The number of thiocarbonyl (C=S) groups is 1. The molecule has 0 amide bonds. The molecular formula is C16H16F2N4S. The Morgan fingerprint density at radius 2 is 1.74 bits per heavy atom. The zero-order valence-electron chi connectivity index (χ0n) is 12.4. The molecule has 1 aliphatic heterocycles. The van der Waals surface area contributed by atoms with E-state index < -0.39 is 11.6 Å². The molecular weight excluding hydrogens is 318 g/mol. The minimum absolute atomic E-state index is 0.319. The lowest BCUT2D eigenvalue weighted by Crippen LogP contribution is -2.50. The minimum atomic E-state index is -0.629. The number of piperazine rings is 1. The maximum absolute atomic E-state index is 13.2. The lowest BCUT2D eigenvalue weighted by molar-refractivity contribution is 0.389. The van der Waals surface area contributed by atoms with Gasteiger partial charge >= 0.3 is 0 Å². The maximum Gasteiger partial charge on any atom is 0.173 e. The lowest BCUT2D eigenvalue weighted by Gasteiger charge is -2.36. The molecule has 2 heterocycles. The van der Waals surface area contributed by atoms with Crippen LogP contribution in [0.2, 0.25) is 0 Å². The first-order valence-corrected chi connectivity index (χ1v) is 7.70. The van der Waals surface area contributed by atoms with Gasteiger partial charge in [-0.15, -0.1) is 0 Å². The zero-order chi connectivity index (χ0) is 16.2. The highest BCUT2D eigenvalue weighted by molar-refractivity contribution is 7.80. The molecule has 0 saturated carbocycles. The molecule has 1 aromatic carbocycles. The highest BCUT2D eigenvalue weighted by Crippen LogP contribution is 2.16. The van der Waals surface area contributed by atoms with Crippen LogP contribution in [0.3, 0.4) is 0 Å². The second-order valence-corrected chi connectivity index (χ2v) is 5.64. The van der Waals surface area contributed by atoms with Crippen molar-refractivity contribution in [2.24, 2.45) is 0 Å². The van der Waals surface area contributed by atoms with Gasteiger partial charge in [0.05, 0.1) is 0 Å². The monoisotopic (exact) mass is 334 g/mol. The SMILES string of the molecule is Fc1cc(F)cc(NC(=S)N2CCN(c3ccccn3)CC2)c1. The van der Waals surface area contributed by atoms with E-state index in [0.717, 1.165) is 38.1 Å². The fourth-order valence-electron chi connectivity index (χ4n) is 2.51. The summed E-state index contributed by atoms with van der Waals surface area (Å²) in [6.45, 7) is 3.02. The van der Waals surface area contributed by atoms with Crippen molar-refractivity contribution in [1.29, 1.82) is 0 Å². The summed E-state index contributed by atoms with van der Waals surface area (Å²) in [4.78, 5) is 8.50. The number of nitrogens with one attached hydrogen (secondary N) is 1. The molecule has 0 bridgehead atoms. The number of hydrogen-bond donors (Lipinski definition) is 1. The number of benzene rings is 1. The van der Waals surface area contributed by atoms with Crippen molar-refractivity contribution in [1.82, 2.24) is 9.88 Å². The van der Waals surface area contributed by atoms with Crippen LogP contribution in [-0.2, 0) is 0 Å². The van der Waals surface area contributed by atoms with Crippen molar-refractivity contribution < 1.29 is 8.78 Å². The fraction of sp³-hybridized carbons (Fsp3) is 0.250. The molecule has 7 heteroatoms. The zero-order valence-corrected chi connectivity index (χ0v) is 13.2. The Morgan fingerprint density at radius 3 is 2.35 bits per heavy atom. The second-order valence-electron chi connectivity index (χ2n) is 5.25. The van der Waals surface area contributed by atoms with Gasteiger partial charge in [0.15, 0.2) is 5.11 Å². The van der Waals surface area contributed by atoms with Crippen molar-refractivity contribution >= 4 is 28.8 Å². The Kier molecular flexibility index (Phi) is 4.66. The molecule has 3 rings (SSSR count). The van der Waals surface area contributed by atoms with E-state index in [1.165, 1.54) is 12.1 Å². The van der Waals surface area contributed by atoms with E-state index in [9.17, 15) is 8.78 Å². The van der Waals surface area contributed by atoms with Crippen LogP contribution < -0.4 is 10.2 Å². The highest BCUT2D eigenvalue weighted by Gasteiger charge is 2.19. The van der Waals surface area contributed by atoms with Gasteiger partial charge in [-0.05, 0) is 36.5 Å². The molecule has 2 aromatic rings. The summed E-state index contributed by atoms with van der Waals surface area (Å²) in [7, 11) is 0. The van der Waals surface area contributed by atoms with Crippen LogP contribution in [0.5, 0.6) is 0 Å². The Hall–Kier alpha value is -2.28. The van der Waals surface area contributed by atoms with Crippen molar-refractivity contribution in [2.75, 3.05) is 36.4 Å². The van der Waals surface area contributed by atoms with E-state index in [0.29, 0.717) is 10.8 Å². The van der Waals surface area contributed by atoms with Crippen molar-refractivity contribution in [3.8, 4) is 0 Å². The first kappa shape index (κ1) is 15.6. The van der Waals surface area contributed by atoms with Crippen LogP contribution in [-0.4, -0.2) is 41.2 Å². The molecule has 1 N–H and O–H groups in total. The third-order valence-corrected chi connectivity index (χ3v) is 4.01. The molecule has 23 heavy (non-hydrogen) atoms. The Balaban J connectivity index is 1.58. The van der Waals surface area contributed by atoms with Crippen LogP contribution in [0.1, 0.15) is 0 Å². The molecule has 1 fully saturated rings. The molecule has 1 aliphatic rings. The van der Waals surface area contributed by atoms with E-state index in [-0.39, 0.29) is 0 Å². The summed E-state index contributed by atoms with van der Waals surface area (Å²) in [6, 6.07) is 9.09. The highest BCUT2D eigenvalue weighted by atomic mass is 32.1. The molecule has 0 unspecified atom stereocenters. The Bertz CT molecular complexity index is 667. The van der Waals surface area contributed by atoms with Crippen LogP contribution in [0.25, 0.3) is 0 Å². The van der Waals surface area contributed by atoms with Crippen molar-refractivity contribution in [3.63, 3.8) is 0 Å². The molecule has 120 valence electrons. The molecule has 0 radical (unpaired) electrons. The first-order valence-electron chi connectivity index (χ1n) is 7.30. The third kappa shape index (κ3) is 3.92. The predicted octanol–water partition coefficient (Wildman–Crippen LogP) is 2.88. The lowest BCUT2D eigenvalue weighted by atomic mass is 10.3. The first-order chi connectivity index (χ1) is 11.1. The van der Waals surface area contributed by atoms with Crippen LogP contribution in [0, 0.1) is 11.6 Å². The quantitative estimate of drug-likeness (QED) is 0.854. The normalized spacial score (nSPS) is 14.7. The summed E-state index contributed by atoms with van der Waals surface area (Å²) >= 11 is 5.33.